The molecule has 3 nitrogen and oxygen atoms in total. The number of hydrogen-bond donors (Lipinski definition) is 1. The molecular weight excluding hydrogens is 234 g/mol. The molecule has 0 fully saturated rings. The molecule has 3 rings (SSSR count). The van der Waals surface area contributed by atoms with Gasteiger partial charge in [-0.05, 0) is 31.2 Å². The molecule has 1 unspecified atom stereocenters. The monoisotopic (exact) mass is 249 g/mol. The van der Waals surface area contributed by atoms with Gasteiger partial charge in [-0.1, -0.05) is 24.3 Å². The Morgan fingerprint density at radius 3 is 2.58 bits per heavy atom. The largest absolute Gasteiger partial charge is 0.375 e. The van der Waals surface area contributed by atoms with Crippen molar-refractivity contribution in [1.29, 1.82) is 0 Å². The molecule has 1 atom stereocenters. The van der Waals surface area contributed by atoms with E-state index in [1.807, 2.05) is 42.7 Å². The fraction of sp³-hybridized carbons (Fsp3) is 0.125. The summed E-state index contributed by atoms with van der Waals surface area (Å²) >= 11 is 0. The molecule has 3 heteroatoms. The summed E-state index contributed by atoms with van der Waals surface area (Å²) in [5, 5.41) is 4.62. The first-order valence-electron chi connectivity index (χ1n) is 6.36. The SMILES string of the molecule is CC(Nc1cccc2cccnc12)c1ccccn1. The van der Waals surface area contributed by atoms with Gasteiger partial charge in [0.05, 0.1) is 22.9 Å². The van der Waals surface area contributed by atoms with E-state index in [1.54, 1.807) is 0 Å². The van der Waals surface area contributed by atoms with Gasteiger partial charge in [0.25, 0.3) is 0 Å². The molecule has 0 amide bonds. The molecule has 19 heavy (non-hydrogen) atoms. The summed E-state index contributed by atoms with van der Waals surface area (Å²) in [4.78, 5) is 8.82. The van der Waals surface area contributed by atoms with E-state index < -0.39 is 0 Å². The highest BCUT2D eigenvalue weighted by atomic mass is 15.0. The molecule has 0 saturated carbocycles. The van der Waals surface area contributed by atoms with Gasteiger partial charge in [-0.15, -0.1) is 0 Å². The molecule has 0 bridgehead atoms. The second-order valence-electron chi connectivity index (χ2n) is 4.50. The van der Waals surface area contributed by atoms with E-state index in [1.165, 1.54) is 0 Å². The molecule has 2 heterocycles. The van der Waals surface area contributed by atoms with Gasteiger partial charge in [0.1, 0.15) is 0 Å². The predicted octanol–water partition coefficient (Wildman–Crippen LogP) is 3.80. The Hall–Kier alpha value is -2.42. The minimum Gasteiger partial charge on any atom is -0.375 e. The van der Waals surface area contributed by atoms with Crippen molar-refractivity contribution < 1.29 is 0 Å². The van der Waals surface area contributed by atoms with Crippen molar-refractivity contribution in [2.75, 3.05) is 5.32 Å². The third-order valence-corrected chi connectivity index (χ3v) is 3.14. The quantitative estimate of drug-likeness (QED) is 0.767. The highest BCUT2D eigenvalue weighted by Gasteiger charge is 2.08. The normalized spacial score (nSPS) is 12.3. The van der Waals surface area contributed by atoms with Crippen LogP contribution in [0.5, 0.6) is 0 Å². The topological polar surface area (TPSA) is 37.8 Å². The van der Waals surface area contributed by atoms with E-state index in [2.05, 4.69) is 40.4 Å². The van der Waals surface area contributed by atoms with Gasteiger partial charge in [0, 0.05) is 17.8 Å². The third kappa shape index (κ3) is 2.40. The molecule has 2 aromatic heterocycles. The zero-order chi connectivity index (χ0) is 13.1. The van der Waals surface area contributed by atoms with Crippen molar-refractivity contribution in [2.24, 2.45) is 0 Å². The smallest absolute Gasteiger partial charge is 0.0933 e. The van der Waals surface area contributed by atoms with Gasteiger partial charge in [0.2, 0.25) is 0 Å². The number of nitrogens with zero attached hydrogens (tertiary/aromatic N) is 2. The molecule has 0 aliphatic carbocycles. The molecule has 94 valence electrons. The molecule has 0 spiro atoms. The van der Waals surface area contributed by atoms with Crippen LogP contribution in [0.15, 0.2) is 60.9 Å². The van der Waals surface area contributed by atoms with Crippen molar-refractivity contribution in [3.8, 4) is 0 Å². The van der Waals surface area contributed by atoms with Crippen LogP contribution in [0.1, 0.15) is 18.7 Å². The van der Waals surface area contributed by atoms with Crippen LogP contribution in [0.4, 0.5) is 5.69 Å². The lowest BCUT2D eigenvalue weighted by atomic mass is 10.1. The number of fused-ring (bicyclic) bond motifs is 1. The lowest BCUT2D eigenvalue weighted by molar-refractivity contribution is 0.840. The molecule has 0 saturated heterocycles. The summed E-state index contributed by atoms with van der Waals surface area (Å²) in [7, 11) is 0. The molecule has 0 aliphatic rings. The fourth-order valence-corrected chi connectivity index (χ4v) is 2.16. The maximum atomic E-state index is 4.44. The van der Waals surface area contributed by atoms with Crippen LogP contribution in [-0.2, 0) is 0 Å². The Morgan fingerprint density at radius 1 is 0.895 bits per heavy atom. The summed E-state index contributed by atoms with van der Waals surface area (Å²) in [6.07, 6.45) is 3.63. The summed E-state index contributed by atoms with van der Waals surface area (Å²) in [6, 6.07) is 16.3. The maximum Gasteiger partial charge on any atom is 0.0933 e. The number of nitrogens with one attached hydrogen (secondary N) is 1. The van der Waals surface area contributed by atoms with Crippen LogP contribution in [0.25, 0.3) is 10.9 Å². The maximum absolute atomic E-state index is 4.44. The van der Waals surface area contributed by atoms with Gasteiger partial charge in [0.15, 0.2) is 0 Å². The fourth-order valence-electron chi connectivity index (χ4n) is 2.16. The molecule has 1 N–H and O–H groups in total. The first-order valence-corrected chi connectivity index (χ1v) is 6.36. The van der Waals surface area contributed by atoms with Crippen LogP contribution in [0.2, 0.25) is 0 Å². The number of hydrogen-bond acceptors (Lipinski definition) is 3. The highest BCUT2D eigenvalue weighted by molar-refractivity contribution is 5.90. The van der Waals surface area contributed by atoms with Crippen LogP contribution >= 0.6 is 0 Å². The Morgan fingerprint density at radius 2 is 1.74 bits per heavy atom. The van der Waals surface area contributed by atoms with Crippen molar-refractivity contribution >= 4 is 16.6 Å². The molecular formula is C16H15N3. The summed E-state index contributed by atoms with van der Waals surface area (Å²) in [5.41, 5.74) is 3.06. The van der Waals surface area contributed by atoms with Gasteiger partial charge < -0.3 is 5.32 Å². The average molecular weight is 249 g/mol. The summed E-state index contributed by atoms with van der Waals surface area (Å²) < 4.78 is 0. The third-order valence-electron chi connectivity index (χ3n) is 3.14. The molecule has 0 radical (unpaired) electrons. The minimum absolute atomic E-state index is 0.147. The van der Waals surface area contributed by atoms with Crippen molar-refractivity contribution in [3.63, 3.8) is 0 Å². The van der Waals surface area contributed by atoms with E-state index >= 15 is 0 Å². The first-order chi connectivity index (χ1) is 9.34. The predicted molar refractivity (Wildman–Crippen MR) is 78.0 cm³/mol. The van der Waals surface area contributed by atoms with Crippen molar-refractivity contribution in [3.05, 3.63) is 66.6 Å². The Kier molecular flexibility index (Phi) is 3.11. The number of aromatic nitrogens is 2. The van der Waals surface area contributed by atoms with Crippen LogP contribution in [0.3, 0.4) is 0 Å². The minimum atomic E-state index is 0.147. The van der Waals surface area contributed by atoms with Crippen LogP contribution in [0, 0.1) is 0 Å². The Labute approximate surface area is 112 Å². The van der Waals surface area contributed by atoms with Gasteiger partial charge in [-0.25, -0.2) is 0 Å². The van der Waals surface area contributed by atoms with Crippen LogP contribution < -0.4 is 5.32 Å². The van der Waals surface area contributed by atoms with E-state index in [4.69, 9.17) is 0 Å². The second-order valence-corrected chi connectivity index (χ2v) is 4.50. The van der Waals surface area contributed by atoms with Crippen molar-refractivity contribution in [1.82, 2.24) is 9.97 Å². The zero-order valence-electron chi connectivity index (χ0n) is 10.7. The summed E-state index contributed by atoms with van der Waals surface area (Å²) in [5.74, 6) is 0. The molecule has 1 aromatic carbocycles. The lowest BCUT2D eigenvalue weighted by Crippen LogP contribution is -2.08. The number of para-hydroxylation sites is 1. The first kappa shape index (κ1) is 11.7. The number of anilines is 1. The van der Waals surface area contributed by atoms with E-state index in [9.17, 15) is 0 Å². The Bertz CT molecular complexity index is 674. The number of pyridine rings is 2. The summed E-state index contributed by atoms with van der Waals surface area (Å²) in [6.45, 7) is 2.10. The molecule has 0 aliphatic heterocycles. The van der Waals surface area contributed by atoms with E-state index in [0.717, 1.165) is 22.3 Å². The average Bonchev–Trinajstić information content (AvgIpc) is 2.48. The van der Waals surface area contributed by atoms with Gasteiger partial charge in [-0.2, -0.15) is 0 Å². The standard InChI is InChI=1S/C16H15N3/c1-12(14-8-2-3-10-17-14)19-15-9-4-6-13-7-5-11-18-16(13)15/h2-12,19H,1H3. The van der Waals surface area contributed by atoms with E-state index in [0.29, 0.717) is 0 Å². The number of rotatable bonds is 3. The Balaban J connectivity index is 1.94. The van der Waals surface area contributed by atoms with Crippen molar-refractivity contribution in [2.45, 2.75) is 13.0 Å². The molecule has 3 aromatic rings. The highest BCUT2D eigenvalue weighted by Crippen LogP contribution is 2.24. The number of benzene rings is 1. The zero-order valence-corrected chi connectivity index (χ0v) is 10.7. The van der Waals surface area contributed by atoms with Gasteiger partial charge in [-0.3, -0.25) is 9.97 Å². The van der Waals surface area contributed by atoms with E-state index in [-0.39, 0.29) is 6.04 Å². The lowest BCUT2D eigenvalue weighted by Gasteiger charge is -2.15. The van der Waals surface area contributed by atoms with Gasteiger partial charge >= 0.3 is 0 Å². The van der Waals surface area contributed by atoms with Crippen LogP contribution in [-0.4, -0.2) is 9.97 Å². The second kappa shape index (κ2) is 5.06.